The van der Waals surface area contributed by atoms with Gasteiger partial charge in [-0.3, -0.25) is 9.78 Å². The molecule has 0 saturated heterocycles. The fourth-order valence-electron chi connectivity index (χ4n) is 4.20. The van der Waals surface area contributed by atoms with Crippen LogP contribution >= 0.6 is 0 Å². The topological polar surface area (TPSA) is 89.5 Å². The van der Waals surface area contributed by atoms with Crippen LogP contribution in [-0.4, -0.2) is 35.7 Å². The van der Waals surface area contributed by atoms with Gasteiger partial charge in [-0.05, 0) is 73.9 Å². The number of amides is 2. The number of benzene rings is 3. The molecule has 44 heavy (non-hydrogen) atoms. The monoisotopic (exact) mass is 603 g/mol. The number of nitrogens with one attached hydrogen (secondary N) is 2. The first-order valence-electron chi connectivity index (χ1n) is 13.8. The molecule has 0 saturated carbocycles. The van der Waals surface area contributed by atoms with Crippen LogP contribution in [0, 0.1) is 0 Å². The summed E-state index contributed by atoms with van der Waals surface area (Å²) in [6.45, 7) is 5.74. The number of ether oxygens (including phenoxy) is 2. The molecule has 0 bridgehead atoms. The number of fused-ring (bicyclic) bond motifs is 1. The molecule has 0 unspecified atom stereocenters. The summed E-state index contributed by atoms with van der Waals surface area (Å²) in [6, 6.07) is 19.1. The lowest BCUT2D eigenvalue weighted by Crippen LogP contribution is -2.34. The van der Waals surface area contributed by atoms with E-state index in [1.165, 1.54) is 18.2 Å². The zero-order valence-electron chi connectivity index (χ0n) is 24.4. The van der Waals surface area contributed by atoms with Crippen molar-refractivity contribution < 1.29 is 32.2 Å². The molecule has 3 aromatic carbocycles. The Morgan fingerprint density at radius 3 is 2.25 bits per heavy atom. The number of anilines is 1. The predicted octanol–water partition coefficient (Wildman–Crippen LogP) is 7.78. The third-order valence-electron chi connectivity index (χ3n) is 6.18. The van der Waals surface area contributed by atoms with Gasteiger partial charge in [0.05, 0.1) is 12.1 Å². The van der Waals surface area contributed by atoms with Crippen LogP contribution in [0.2, 0.25) is 0 Å². The fourth-order valence-corrected chi connectivity index (χ4v) is 4.20. The van der Waals surface area contributed by atoms with Gasteiger partial charge in [0.1, 0.15) is 18.0 Å². The van der Waals surface area contributed by atoms with Crippen molar-refractivity contribution in [3.63, 3.8) is 0 Å². The van der Waals surface area contributed by atoms with E-state index in [0.29, 0.717) is 28.1 Å². The molecule has 1 aromatic heterocycles. The SMILES string of the molecule is CC(C)(C)OC(=O)NCCOc1ccc(/C(=C\C=C\C(=O)Nc2cccc3cnccc23)c2ccc(C(F)(F)F)cc2)cc1. The third kappa shape index (κ3) is 9.19. The summed E-state index contributed by atoms with van der Waals surface area (Å²) in [6.07, 6.45) is 2.90. The number of pyridine rings is 1. The van der Waals surface area contributed by atoms with Crippen molar-refractivity contribution in [2.45, 2.75) is 32.5 Å². The largest absolute Gasteiger partial charge is 0.492 e. The summed E-state index contributed by atoms with van der Waals surface area (Å²) in [4.78, 5) is 28.6. The Bertz CT molecular complexity index is 1650. The lowest BCUT2D eigenvalue weighted by atomic mass is 9.96. The minimum Gasteiger partial charge on any atom is -0.492 e. The van der Waals surface area contributed by atoms with Gasteiger partial charge in [-0.1, -0.05) is 48.6 Å². The van der Waals surface area contributed by atoms with E-state index in [0.717, 1.165) is 22.9 Å². The molecule has 0 aliphatic heterocycles. The van der Waals surface area contributed by atoms with Crippen molar-refractivity contribution in [2.75, 3.05) is 18.5 Å². The number of nitrogens with zero attached hydrogens (tertiary/aromatic N) is 1. The lowest BCUT2D eigenvalue weighted by molar-refractivity contribution is -0.137. The molecule has 2 amide bonds. The fraction of sp³-hybridized carbons (Fsp3) is 0.206. The molecule has 0 fully saturated rings. The molecule has 0 atom stereocenters. The molecule has 1 heterocycles. The summed E-state index contributed by atoms with van der Waals surface area (Å²) in [5.74, 6) is 0.160. The van der Waals surface area contributed by atoms with Crippen LogP contribution in [0.4, 0.5) is 23.7 Å². The van der Waals surface area contributed by atoms with Crippen LogP contribution in [-0.2, 0) is 15.7 Å². The molecule has 0 aliphatic rings. The molecule has 0 radical (unpaired) electrons. The van der Waals surface area contributed by atoms with Crippen molar-refractivity contribution in [1.29, 1.82) is 0 Å². The highest BCUT2D eigenvalue weighted by Gasteiger charge is 2.30. The molecule has 0 spiro atoms. The lowest BCUT2D eigenvalue weighted by Gasteiger charge is -2.19. The minimum atomic E-state index is -4.46. The number of halogens is 3. The van der Waals surface area contributed by atoms with E-state index >= 15 is 0 Å². The average Bonchev–Trinajstić information content (AvgIpc) is 2.97. The van der Waals surface area contributed by atoms with Gasteiger partial charge in [0.25, 0.3) is 0 Å². The number of carbonyl (C=O) groups excluding carboxylic acids is 2. The summed E-state index contributed by atoms with van der Waals surface area (Å²) in [5.41, 5.74) is 1.08. The van der Waals surface area contributed by atoms with Gasteiger partial charge in [-0.15, -0.1) is 0 Å². The Kier molecular flexibility index (Phi) is 10.0. The molecule has 10 heteroatoms. The molecule has 7 nitrogen and oxygen atoms in total. The molecule has 4 aromatic rings. The Morgan fingerprint density at radius 1 is 0.909 bits per heavy atom. The van der Waals surface area contributed by atoms with Gasteiger partial charge < -0.3 is 20.1 Å². The van der Waals surface area contributed by atoms with E-state index < -0.39 is 23.4 Å². The highest BCUT2D eigenvalue weighted by molar-refractivity contribution is 6.06. The zero-order valence-corrected chi connectivity index (χ0v) is 24.4. The Labute approximate surface area is 253 Å². The van der Waals surface area contributed by atoms with Crippen molar-refractivity contribution >= 4 is 34.0 Å². The molecule has 0 aliphatic carbocycles. The van der Waals surface area contributed by atoms with Gasteiger partial charge in [0, 0.05) is 34.9 Å². The quantitative estimate of drug-likeness (QED) is 0.116. The van der Waals surface area contributed by atoms with Gasteiger partial charge >= 0.3 is 12.3 Å². The Morgan fingerprint density at radius 2 is 1.59 bits per heavy atom. The number of hydrogen-bond acceptors (Lipinski definition) is 5. The maximum atomic E-state index is 13.2. The van der Waals surface area contributed by atoms with Crippen molar-refractivity contribution in [3.05, 3.63) is 120 Å². The van der Waals surface area contributed by atoms with E-state index in [9.17, 15) is 22.8 Å². The summed E-state index contributed by atoms with van der Waals surface area (Å²) in [7, 11) is 0. The first kappa shape index (κ1) is 31.8. The van der Waals surface area contributed by atoms with Crippen LogP contribution in [0.25, 0.3) is 16.3 Å². The van der Waals surface area contributed by atoms with Crippen LogP contribution in [0.5, 0.6) is 5.75 Å². The normalized spacial score (nSPS) is 12.3. The predicted molar refractivity (Wildman–Crippen MR) is 164 cm³/mol. The molecule has 4 rings (SSSR count). The standard InChI is InChI=1S/C34H32F3N3O4/c1-33(2,3)44-32(42)39-20-21-43-27-16-12-24(13-17-27)28(23-10-14-26(15-11-23)34(35,36)37)7-5-9-31(41)40-30-8-4-6-25-22-38-19-18-29(25)30/h4-19,22H,20-21H2,1-3H3,(H,39,42)(H,40,41)/b9-5+,28-7-. The Hall–Kier alpha value is -5.12. The highest BCUT2D eigenvalue weighted by Crippen LogP contribution is 2.32. The average molecular weight is 604 g/mol. The van der Waals surface area contributed by atoms with Gasteiger partial charge in [0.15, 0.2) is 0 Å². The minimum absolute atomic E-state index is 0.200. The number of hydrogen-bond donors (Lipinski definition) is 2. The number of aromatic nitrogens is 1. The summed E-state index contributed by atoms with van der Waals surface area (Å²) < 4.78 is 50.4. The number of alkyl halides is 3. The van der Waals surface area contributed by atoms with Gasteiger partial charge in [-0.25, -0.2) is 4.79 Å². The van der Waals surface area contributed by atoms with E-state index in [-0.39, 0.29) is 19.1 Å². The van der Waals surface area contributed by atoms with Crippen LogP contribution < -0.4 is 15.4 Å². The van der Waals surface area contributed by atoms with Crippen LogP contribution in [0.15, 0.2) is 103 Å². The Balaban J connectivity index is 1.49. The first-order valence-corrected chi connectivity index (χ1v) is 13.8. The number of carbonyl (C=O) groups is 2. The van der Waals surface area contributed by atoms with Crippen molar-refractivity contribution in [1.82, 2.24) is 10.3 Å². The highest BCUT2D eigenvalue weighted by atomic mass is 19.4. The number of allylic oxidation sites excluding steroid dienone is 2. The second-order valence-corrected chi connectivity index (χ2v) is 10.7. The van der Waals surface area contributed by atoms with Crippen molar-refractivity contribution in [3.8, 4) is 5.75 Å². The van der Waals surface area contributed by atoms with Crippen LogP contribution in [0.1, 0.15) is 37.5 Å². The zero-order chi connectivity index (χ0) is 31.7. The van der Waals surface area contributed by atoms with Crippen molar-refractivity contribution in [2.24, 2.45) is 0 Å². The summed E-state index contributed by atoms with van der Waals surface area (Å²) in [5, 5.41) is 7.19. The van der Waals surface area contributed by atoms with E-state index in [1.807, 2.05) is 18.2 Å². The number of rotatable bonds is 9. The summed E-state index contributed by atoms with van der Waals surface area (Å²) >= 11 is 0. The van der Waals surface area contributed by atoms with E-state index in [4.69, 9.17) is 9.47 Å². The maximum Gasteiger partial charge on any atom is 0.416 e. The second-order valence-electron chi connectivity index (χ2n) is 10.7. The van der Waals surface area contributed by atoms with E-state index in [2.05, 4.69) is 15.6 Å². The van der Waals surface area contributed by atoms with Gasteiger partial charge in [0.2, 0.25) is 5.91 Å². The van der Waals surface area contributed by atoms with Crippen LogP contribution in [0.3, 0.4) is 0 Å². The molecule has 2 N–H and O–H groups in total. The first-order chi connectivity index (χ1) is 20.9. The second kappa shape index (κ2) is 13.9. The molecule has 228 valence electrons. The maximum absolute atomic E-state index is 13.2. The molecular weight excluding hydrogens is 571 g/mol. The van der Waals surface area contributed by atoms with Gasteiger partial charge in [-0.2, -0.15) is 13.2 Å². The smallest absolute Gasteiger partial charge is 0.416 e. The van der Waals surface area contributed by atoms with E-state index in [1.54, 1.807) is 75.6 Å². The third-order valence-corrected chi connectivity index (χ3v) is 6.18. The molecular formula is C34H32F3N3O4. The number of alkyl carbamates (subject to hydrolysis) is 1.